The van der Waals surface area contributed by atoms with Crippen molar-refractivity contribution in [1.82, 2.24) is 16.0 Å². The van der Waals surface area contributed by atoms with Gasteiger partial charge in [0.2, 0.25) is 5.91 Å². The van der Waals surface area contributed by atoms with E-state index in [1.165, 1.54) is 0 Å². The van der Waals surface area contributed by atoms with Gasteiger partial charge in [0.15, 0.2) is 11.9 Å². The predicted octanol–water partition coefficient (Wildman–Crippen LogP) is -1.36. The summed E-state index contributed by atoms with van der Waals surface area (Å²) in [6.45, 7) is 0.596. The van der Waals surface area contributed by atoms with E-state index in [1.54, 1.807) is 24.3 Å². The third-order valence-corrected chi connectivity index (χ3v) is 4.38. The van der Waals surface area contributed by atoms with Crippen molar-refractivity contribution in [2.45, 2.75) is 44.4 Å². The molecule has 0 bridgehead atoms. The number of Topliss-reactive ketones (excluding diaryl/α,β-unsaturated/α-hetero) is 1. The SMILES string of the molecule is N=C(N)NCCC[C@H](NC(=O)[C@@H](N)CCCNC(=N)N)C(=O)C(=O)OCc1ccccc1. The first-order valence-electron chi connectivity index (χ1n) is 10.2. The third-order valence-electron chi connectivity index (χ3n) is 4.38. The van der Waals surface area contributed by atoms with Crippen LogP contribution >= 0.6 is 0 Å². The molecule has 0 unspecified atom stereocenters. The quantitative estimate of drug-likeness (QED) is 0.0552. The molecule has 0 saturated carbocycles. The van der Waals surface area contributed by atoms with Gasteiger partial charge in [-0.2, -0.15) is 0 Å². The van der Waals surface area contributed by atoms with Crippen molar-refractivity contribution in [3.63, 3.8) is 0 Å². The van der Waals surface area contributed by atoms with Gasteiger partial charge in [-0.15, -0.1) is 0 Å². The number of guanidine groups is 2. The van der Waals surface area contributed by atoms with E-state index in [9.17, 15) is 14.4 Å². The van der Waals surface area contributed by atoms with Crippen LogP contribution in [-0.4, -0.2) is 54.8 Å². The predicted molar refractivity (Wildman–Crippen MR) is 119 cm³/mol. The van der Waals surface area contributed by atoms with Crippen molar-refractivity contribution >= 4 is 29.6 Å². The molecule has 11 N–H and O–H groups in total. The van der Waals surface area contributed by atoms with E-state index in [1.807, 2.05) is 6.07 Å². The van der Waals surface area contributed by atoms with Crippen molar-refractivity contribution in [2.24, 2.45) is 17.2 Å². The van der Waals surface area contributed by atoms with Crippen LogP contribution in [-0.2, 0) is 25.7 Å². The van der Waals surface area contributed by atoms with E-state index in [0.717, 1.165) is 5.56 Å². The molecule has 0 aliphatic rings. The van der Waals surface area contributed by atoms with E-state index in [2.05, 4.69) is 16.0 Å². The second-order valence-corrected chi connectivity index (χ2v) is 7.06. The number of benzene rings is 1. The van der Waals surface area contributed by atoms with Crippen LogP contribution in [0.2, 0.25) is 0 Å². The highest BCUT2D eigenvalue weighted by atomic mass is 16.5. The molecule has 12 nitrogen and oxygen atoms in total. The highest BCUT2D eigenvalue weighted by molar-refractivity contribution is 6.36. The monoisotopic (exact) mass is 448 g/mol. The van der Waals surface area contributed by atoms with Crippen LogP contribution in [0.3, 0.4) is 0 Å². The molecule has 2 atom stereocenters. The van der Waals surface area contributed by atoms with Gasteiger partial charge >= 0.3 is 5.97 Å². The number of carbonyl (C=O) groups is 3. The van der Waals surface area contributed by atoms with Crippen molar-refractivity contribution in [2.75, 3.05) is 13.1 Å². The van der Waals surface area contributed by atoms with Crippen molar-refractivity contribution in [1.29, 1.82) is 10.8 Å². The second kappa shape index (κ2) is 14.4. The number of ketones is 1. The molecule has 0 aromatic heterocycles. The molecule has 1 rings (SSSR count). The summed E-state index contributed by atoms with van der Waals surface area (Å²) >= 11 is 0. The Labute approximate surface area is 186 Å². The zero-order valence-electron chi connectivity index (χ0n) is 17.9. The van der Waals surface area contributed by atoms with Crippen LogP contribution in [0.4, 0.5) is 0 Å². The average Bonchev–Trinajstić information content (AvgIpc) is 2.76. The smallest absolute Gasteiger partial charge is 0.377 e. The Hall–Kier alpha value is -3.67. The summed E-state index contributed by atoms with van der Waals surface area (Å²) in [6, 6.07) is 6.86. The second-order valence-electron chi connectivity index (χ2n) is 7.06. The average molecular weight is 449 g/mol. The number of rotatable bonds is 14. The maximum absolute atomic E-state index is 12.6. The Kier molecular flexibility index (Phi) is 11.8. The highest BCUT2D eigenvalue weighted by Gasteiger charge is 2.29. The molecule has 0 saturated heterocycles. The van der Waals surface area contributed by atoms with Crippen LogP contribution in [0.15, 0.2) is 30.3 Å². The highest BCUT2D eigenvalue weighted by Crippen LogP contribution is 2.05. The lowest BCUT2D eigenvalue weighted by Gasteiger charge is -2.20. The van der Waals surface area contributed by atoms with Gasteiger partial charge in [0.25, 0.3) is 5.78 Å². The van der Waals surface area contributed by atoms with Crippen molar-refractivity contribution < 1.29 is 19.1 Å². The van der Waals surface area contributed by atoms with Crippen LogP contribution in [0.1, 0.15) is 31.2 Å². The number of ether oxygens (including phenoxy) is 1. The third kappa shape index (κ3) is 10.9. The zero-order chi connectivity index (χ0) is 23.9. The number of carbonyl (C=O) groups excluding carboxylic acids is 3. The van der Waals surface area contributed by atoms with E-state index in [-0.39, 0.29) is 37.9 Å². The van der Waals surface area contributed by atoms with E-state index in [0.29, 0.717) is 19.4 Å². The van der Waals surface area contributed by atoms with E-state index in [4.69, 9.17) is 32.8 Å². The van der Waals surface area contributed by atoms with Gasteiger partial charge in [0, 0.05) is 13.1 Å². The lowest BCUT2D eigenvalue weighted by atomic mass is 10.0. The molecule has 0 radical (unpaired) electrons. The minimum Gasteiger partial charge on any atom is -0.455 e. The topological polar surface area (TPSA) is 222 Å². The van der Waals surface area contributed by atoms with Gasteiger partial charge < -0.3 is 37.9 Å². The fraction of sp³-hybridized carbons (Fsp3) is 0.450. The first-order chi connectivity index (χ1) is 15.2. The minimum absolute atomic E-state index is 0.0688. The molecule has 12 heteroatoms. The molecule has 0 fully saturated rings. The number of hydrogen-bond acceptors (Lipinski definition) is 7. The normalized spacial score (nSPS) is 12.2. The fourth-order valence-electron chi connectivity index (χ4n) is 2.69. The summed E-state index contributed by atoms with van der Waals surface area (Å²) in [6.07, 6.45) is 1.26. The lowest BCUT2D eigenvalue weighted by Crippen LogP contribution is -2.50. The van der Waals surface area contributed by atoms with Gasteiger partial charge in [-0.1, -0.05) is 30.3 Å². The summed E-state index contributed by atoms with van der Waals surface area (Å²) in [7, 11) is 0. The van der Waals surface area contributed by atoms with Crippen LogP contribution in [0, 0.1) is 10.8 Å². The Morgan fingerprint density at radius 2 is 1.50 bits per heavy atom. The Balaban J connectivity index is 2.65. The van der Waals surface area contributed by atoms with Gasteiger partial charge in [-0.05, 0) is 31.2 Å². The fourth-order valence-corrected chi connectivity index (χ4v) is 2.69. The van der Waals surface area contributed by atoms with Crippen molar-refractivity contribution in [3.05, 3.63) is 35.9 Å². The van der Waals surface area contributed by atoms with Crippen LogP contribution in [0.5, 0.6) is 0 Å². The summed E-state index contributed by atoms with van der Waals surface area (Å²) in [5.41, 5.74) is 17.0. The Morgan fingerprint density at radius 3 is 2.06 bits per heavy atom. The van der Waals surface area contributed by atoms with Gasteiger partial charge in [0.05, 0.1) is 12.1 Å². The molecule has 0 heterocycles. The number of hydrogen-bond donors (Lipinski definition) is 8. The molecule has 1 amide bonds. The number of nitrogens with one attached hydrogen (secondary N) is 5. The molecule has 176 valence electrons. The maximum atomic E-state index is 12.6. The summed E-state index contributed by atoms with van der Waals surface area (Å²) < 4.78 is 5.08. The molecule has 1 aromatic carbocycles. The first-order valence-corrected chi connectivity index (χ1v) is 10.2. The van der Waals surface area contributed by atoms with Crippen LogP contribution in [0.25, 0.3) is 0 Å². The molecular formula is C20H32N8O4. The van der Waals surface area contributed by atoms with Gasteiger partial charge in [-0.3, -0.25) is 20.4 Å². The molecule has 0 aliphatic heterocycles. The maximum Gasteiger partial charge on any atom is 0.377 e. The standard InChI is InChI=1S/C20H32N8O4/c21-14(8-4-10-26-19(22)23)17(30)28-15(9-5-11-27-20(24)25)16(29)18(31)32-12-13-6-2-1-3-7-13/h1-3,6-7,14-15H,4-5,8-12,21H2,(H,28,30)(H4,22,23,26)(H4,24,25,27)/t14-,15-/m0/s1. The molecule has 32 heavy (non-hydrogen) atoms. The number of nitrogens with two attached hydrogens (primary N) is 3. The Bertz CT molecular complexity index is 787. The van der Waals surface area contributed by atoms with E-state index >= 15 is 0 Å². The van der Waals surface area contributed by atoms with Crippen LogP contribution < -0.4 is 33.2 Å². The summed E-state index contributed by atoms with van der Waals surface area (Å²) in [5.74, 6) is -2.93. The summed E-state index contributed by atoms with van der Waals surface area (Å²) in [4.78, 5) is 37.3. The first kappa shape index (κ1) is 26.4. The zero-order valence-corrected chi connectivity index (χ0v) is 17.9. The Morgan fingerprint density at radius 1 is 0.938 bits per heavy atom. The lowest BCUT2D eigenvalue weighted by molar-refractivity contribution is -0.156. The minimum atomic E-state index is -1.12. The molecule has 0 aliphatic carbocycles. The number of amides is 1. The van der Waals surface area contributed by atoms with E-state index < -0.39 is 29.7 Å². The van der Waals surface area contributed by atoms with Gasteiger partial charge in [0.1, 0.15) is 6.61 Å². The number of esters is 1. The van der Waals surface area contributed by atoms with Gasteiger partial charge in [-0.25, -0.2) is 4.79 Å². The largest absolute Gasteiger partial charge is 0.455 e. The van der Waals surface area contributed by atoms with Crippen molar-refractivity contribution in [3.8, 4) is 0 Å². The molecular weight excluding hydrogens is 416 g/mol. The summed E-state index contributed by atoms with van der Waals surface area (Å²) in [5, 5.41) is 22.0. The molecule has 0 spiro atoms. The molecule has 1 aromatic rings.